The lowest BCUT2D eigenvalue weighted by Gasteiger charge is -2.16. The normalized spacial score (nSPS) is 10.9. The van der Waals surface area contributed by atoms with Crippen LogP contribution in [0.5, 0.6) is 0 Å². The van der Waals surface area contributed by atoms with Gasteiger partial charge in [0, 0.05) is 65.6 Å². The van der Waals surface area contributed by atoms with Gasteiger partial charge in [0.25, 0.3) is 17.7 Å². The highest BCUT2D eigenvalue weighted by atomic mass is 19.1. The van der Waals surface area contributed by atoms with Crippen LogP contribution in [-0.2, 0) is 37.2 Å². The number of halogens is 2. The van der Waals surface area contributed by atoms with E-state index < -0.39 is 46.4 Å². The summed E-state index contributed by atoms with van der Waals surface area (Å²) >= 11 is 0. The molecule has 5 N–H and O–H groups in total. The van der Waals surface area contributed by atoms with Gasteiger partial charge >= 0.3 is 5.97 Å². The molecule has 0 aliphatic rings. The Hall–Kier alpha value is -6.72. The number of carbonyl (C=O) groups excluding carboxylic acids is 5. The summed E-state index contributed by atoms with van der Waals surface area (Å²) in [6, 6.07) is 5.29. The van der Waals surface area contributed by atoms with Crippen LogP contribution in [0.1, 0.15) is 55.2 Å². The van der Waals surface area contributed by atoms with Gasteiger partial charge in [-0.05, 0) is 30.7 Å². The monoisotopic (exact) mass is 733 g/mol. The predicted octanol–water partition coefficient (Wildman–Crippen LogP) is 3.41. The average molecular weight is 734 g/mol. The molecule has 0 aliphatic carbocycles. The van der Waals surface area contributed by atoms with E-state index in [0.717, 1.165) is 13.2 Å². The summed E-state index contributed by atoms with van der Waals surface area (Å²) in [5.41, 5.74) is -0.124. The van der Waals surface area contributed by atoms with E-state index in [4.69, 9.17) is 0 Å². The van der Waals surface area contributed by atoms with Crippen molar-refractivity contribution in [1.29, 1.82) is 0 Å². The molecule has 1 aromatic carbocycles. The summed E-state index contributed by atoms with van der Waals surface area (Å²) in [6.07, 6.45) is 6.88. The molecule has 5 aromatic rings. The summed E-state index contributed by atoms with van der Waals surface area (Å²) < 4.78 is 41.4. The molecule has 16 nitrogen and oxygen atoms in total. The second-order valence-corrected chi connectivity index (χ2v) is 12.0. The molecule has 278 valence electrons. The van der Waals surface area contributed by atoms with E-state index in [1.807, 2.05) is 6.92 Å². The van der Waals surface area contributed by atoms with Crippen molar-refractivity contribution < 1.29 is 37.5 Å². The highest BCUT2D eigenvalue weighted by Crippen LogP contribution is 2.27. The average Bonchev–Trinajstić information content (AvgIpc) is 3.79. The summed E-state index contributed by atoms with van der Waals surface area (Å²) in [4.78, 5) is 74.7. The number of aryl methyl sites for hydroxylation is 4. The van der Waals surface area contributed by atoms with Crippen LogP contribution >= 0.6 is 0 Å². The van der Waals surface area contributed by atoms with Gasteiger partial charge in [0.2, 0.25) is 11.8 Å². The van der Waals surface area contributed by atoms with Gasteiger partial charge in [-0.2, -0.15) is 0 Å². The summed E-state index contributed by atoms with van der Waals surface area (Å²) in [7, 11) is 5.97. The molecule has 0 spiro atoms. The number of esters is 1. The first-order chi connectivity index (χ1) is 25.3. The first kappa shape index (κ1) is 37.5. The van der Waals surface area contributed by atoms with Crippen molar-refractivity contribution in [2.24, 2.45) is 21.1 Å². The largest absolute Gasteiger partial charge is 0.465 e. The molecule has 0 radical (unpaired) electrons. The van der Waals surface area contributed by atoms with Crippen molar-refractivity contribution >= 4 is 63.8 Å². The van der Waals surface area contributed by atoms with E-state index in [1.165, 1.54) is 44.3 Å². The summed E-state index contributed by atoms with van der Waals surface area (Å²) in [5.74, 6) is -4.51. The number of rotatable bonds is 14. The highest BCUT2D eigenvalue weighted by Gasteiger charge is 2.23. The second kappa shape index (κ2) is 15.7. The van der Waals surface area contributed by atoms with Gasteiger partial charge in [-0.25, -0.2) is 13.6 Å². The Labute approximate surface area is 300 Å². The standard InChI is InChI=1S/C35H37F2N9O7/c1-6-9-46-17-23(35(52)53-5)31(48)22-13-24(36)29(28(37)30(22)46)38-7-8-39-32(49)25-11-20(15-44(25)3)41-34(51)27-12-21(16-45(27)4)42-33(50)26-10-19(40-18-47)14-43(26)2/h10-18,38H,6-9H2,1-5H3,(H,39,49)(H,40,47)(H,41,51)(H,42,50). The topological polar surface area (TPSA) is 192 Å². The molecule has 5 rings (SSSR count). The van der Waals surface area contributed by atoms with Crippen LogP contribution in [0.2, 0.25) is 0 Å². The van der Waals surface area contributed by atoms with Gasteiger partial charge in [-0.15, -0.1) is 0 Å². The number of nitrogens with one attached hydrogen (secondary N) is 5. The fourth-order valence-electron chi connectivity index (χ4n) is 5.82. The maximum atomic E-state index is 15.7. The number of benzene rings is 1. The van der Waals surface area contributed by atoms with Crippen LogP contribution in [0, 0.1) is 11.6 Å². The second-order valence-electron chi connectivity index (χ2n) is 12.0. The molecule has 18 heteroatoms. The summed E-state index contributed by atoms with van der Waals surface area (Å²) in [5, 5.41) is 12.9. The maximum Gasteiger partial charge on any atom is 0.343 e. The van der Waals surface area contributed by atoms with E-state index in [2.05, 4.69) is 31.3 Å². The zero-order valence-corrected chi connectivity index (χ0v) is 29.4. The number of ether oxygens (including phenoxy) is 1. The molecule has 0 fully saturated rings. The molecule has 0 unspecified atom stereocenters. The molecular weight excluding hydrogens is 696 g/mol. The maximum absolute atomic E-state index is 15.7. The van der Waals surface area contributed by atoms with Gasteiger partial charge in [0.1, 0.15) is 34.1 Å². The number of hydrogen-bond donors (Lipinski definition) is 5. The Kier molecular flexibility index (Phi) is 11.1. The Balaban J connectivity index is 1.21. The highest BCUT2D eigenvalue weighted by molar-refractivity contribution is 6.07. The minimum atomic E-state index is -1.06. The summed E-state index contributed by atoms with van der Waals surface area (Å²) in [6.45, 7) is 1.91. The van der Waals surface area contributed by atoms with Crippen LogP contribution in [0.4, 0.5) is 31.5 Å². The number of pyridine rings is 1. The van der Waals surface area contributed by atoms with Crippen molar-refractivity contribution in [2.75, 3.05) is 41.5 Å². The van der Waals surface area contributed by atoms with E-state index in [9.17, 15) is 28.8 Å². The number of aromatic nitrogens is 4. The lowest BCUT2D eigenvalue weighted by Crippen LogP contribution is -2.30. The number of hydrogen-bond acceptors (Lipinski definition) is 8. The molecule has 0 saturated carbocycles. The fourth-order valence-corrected chi connectivity index (χ4v) is 5.82. The molecule has 4 heterocycles. The predicted molar refractivity (Wildman–Crippen MR) is 192 cm³/mol. The van der Waals surface area contributed by atoms with Gasteiger partial charge in [0.15, 0.2) is 5.82 Å². The Morgan fingerprint density at radius 3 is 1.89 bits per heavy atom. The van der Waals surface area contributed by atoms with E-state index >= 15 is 8.78 Å². The molecule has 0 bridgehead atoms. The molecule has 0 saturated heterocycles. The first-order valence-electron chi connectivity index (χ1n) is 16.2. The third-order valence-electron chi connectivity index (χ3n) is 8.29. The van der Waals surface area contributed by atoms with Crippen LogP contribution in [0.25, 0.3) is 10.9 Å². The first-order valence-corrected chi connectivity index (χ1v) is 16.2. The van der Waals surface area contributed by atoms with E-state index in [1.54, 1.807) is 38.1 Å². The number of methoxy groups -OCH3 is 1. The van der Waals surface area contributed by atoms with Crippen molar-refractivity contribution in [2.45, 2.75) is 19.9 Å². The Morgan fingerprint density at radius 1 is 0.792 bits per heavy atom. The van der Waals surface area contributed by atoms with E-state index in [0.29, 0.717) is 29.9 Å². The van der Waals surface area contributed by atoms with Crippen molar-refractivity contribution in [3.63, 3.8) is 0 Å². The lowest BCUT2D eigenvalue weighted by atomic mass is 10.1. The molecular formula is C35H37F2N9O7. The van der Waals surface area contributed by atoms with Gasteiger partial charge in [-0.1, -0.05) is 6.92 Å². The molecule has 4 aromatic heterocycles. The molecule has 0 aliphatic heterocycles. The number of amides is 4. The smallest absolute Gasteiger partial charge is 0.343 e. The van der Waals surface area contributed by atoms with E-state index in [-0.39, 0.29) is 53.2 Å². The molecule has 4 amide bonds. The fraction of sp³-hybridized carbons (Fsp3) is 0.257. The van der Waals surface area contributed by atoms with Crippen molar-refractivity contribution in [3.8, 4) is 0 Å². The van der Waals surface area contributed by atoms with Gasteiger partial charge in [-0.3, -0.25) is 24.0 Å². The number of nitrogens with zero attached hydrogens (tertiary/aromatic N) is 4. The SMILES string of the molecule is CCCn1cc(C(=O)OC)c(=O)c2cc(F)c(NCCNC(=O)c3cc(NC(=O)c4cc(NC(=O)c5cc(NC=O)cn5C)cn4C)cn3C)c(F)c21. The quantitative estimate of drug-likeness (QED) is 0.0652. The molecule has 53 heavy (non-hydrogen) atoms. The van der Waals surface area contributed by atoms with Crippen molar-refractivity contribution in [3.05, 3.63) is 93.6 Å². The Bertz CT molecular complexity index is 2320. The third kappa shape index (κ3) is 7.80. The zero-order chi connectivity index (χ0) is 38.6. The lowest BCUT2D eigenvalue weighted by molar-refractivity contribution is -0.105. The molecule has 0 atom stereocenters. The number of carbonyl (C=O) groups is 5. The minimum Gasteiger partial charge on any atom is -0.465 e. The van der Waals surface area contributed by atoms with Crippen LogP contribution < -0.4 is 32.0 Å². The van der Waals surface area contributed by atoms with Gasteiger partial charge in [0.05, 0.1) is 35.1 Å². The zero-order valence-electron chi connectivity index (χ0n) is 29.4. The number of anilines is 4. The van der Waals surface area contributed by atoms with Crippen molar-refractivity contribution in [1.82, 2.24) is 23.6 Å². The number of fused-ring (bicyclic) bond motifs is 1. The van der Waals surface area contributed by atoms with Crippen LogP contribution in [0.3, 0.4) is 0 Å². The van der Waals surface area contributed by atoms with Gasteiger partial charge < -0.3 is 49.6 Å². The van der Waals surface area contributed by atoms with Crippen LogP contribution in [0.15, 0.2) is 53.8 Å². The minimum absolute atomic E-state index is 0.0544. The Morgan fingerprint density at radius 2 is 1.34 bits per heavy atom. The van der Waals surface area contributed by atoms with Crippen LogP contribution in [-0.4, -0.2) is 68.6 Å². The third-order valence-corrected chi connectivity index (χ3v) is 8.29.